The third-order valence-electron chi connectivity index (χ3n) is 8.01. The summed E-state index contributed by atoms with van der Waals surface area (Å²) in [4.78, 5) is 18.1. The van der Waals surface area contributed by atoms with Gasteiger partial charge in [-0.25, -0.2) is 23.4 Å². The van der Waals surface area contributed by atoms with E-state index in [-0.39, 0.29) is 11.3 Å². The molecule has 4 heterocycles. The first-order valence-corrected chi connectivity index (χ1v) is 16.0. The minimum atomic E-state index is -3.49. The summed E-state index contributed by atoms with van der Waals surface area (Å²) in [7, 11) is -3.49. The van der Waals surface area contributed by atoms with Crippen LogP contribution in [0.4, 0.5) is 17.3 Å². The molecule has 0 saturated heterocycles. The van der Waals surface area contributed by atoms with Crippen LogP contribution in [0.5, 0.6) is 0 Å². The number of hydrogen-bond donors (Lipinski definition) is 4. The first kappa shape index (κ1) is 29.1. The summed E-state index contributed by atoms with van der Waals surface area (Å²) in [5, 5.41) is 31.3. The van der Waals surface area contributed by atoms with E-state index in [4.69, 9.17) is 0 Å². The van der Waals surface area contributed by atoms with Gasteiger partial charge in [0.15, 0.2) is 5.82 Å². The van der Waals surface area contributed by atoms with E-state index in [1.165, 1.54) is 12.4 Å². The summed E-state index contributed by atoms with van der Waals surface area (Å²) >= 11 is 0. The lowest BCUT2D eigenvalue weighted by atomic mass is 9.83. The van der Waals surface area contributed by atoms with E-state index >= 15 is 0 Å². The zero-order chi connectivity index (χ0) is 30.4. The molecule has 0 aromatic carbocycles. The molecule has 2 aliphatic carbocycles. The number of rotatable bonds is 9. The van der Waals surface area contributed by atoms with Crippen molar-refractivity contribution in [2.75, 3.05) is 10.6 Å². The fourth-order valence-electron chi connectivity index (χ4n) is 5.14. The van der Waals surface area contributed by atoms with Gasteiger partial charge in [-0.1, -0.05) is 6.07 Å². The van der Waals surface area contributed by atoms with Gasteiger partial charge < -0.3 is 20.8 Å². The van der Waals surface area contributed by atoms with Crippen LogP contribution < -0.4 is 10.6 Å². The van der Waals surface area contributed by atoms with Crippen molar-refractivity contribution in [3.8, 4) is 22.6 Å². The second kappa shape index (κ2) is 11.0. The highest BCUT2D eigenvalue weighted by Crippen LogP contribution is 2.35. The van der Waals surface area contributed by atoms with Crippen LogP contribution in [-0.2, 0) is 15.6 Å². The molecular formula is C30H36N8O4S. The number of aromatic nitrogens is 6. The standard InChI is InChI=1S/C30H36N8O4S/c1-29(2,39)20-4-7-24(32-16-20)23-17-33-27(14-25(23)35-21-8-11-30(3,40)12-9-21)36-26-10-13-31-28(37-26)19-15-34-38(18-19)43(41,42)22-5-6-22/h4,7,10,13-18,21-22,39-40H,5-6,8-9,11-12H2,1-3H3,(H2,31,33,35,36,37). The predicted octanol–water partition coefficient (Wildman–Crippen LogP) is 4.21. The van der Waals surface area contributed by atoms with Crippen molar-refractivity contribution < 1.29 is 18.6 Å². The highest BCUT2D eigenvalue weighted by molar-refractivity contribution is 7.90. The first-order valence-electron chi connectivity index (χ1n) is 14.5. The highest BCUT2D eigenvalue weighted by Gasteiger charge is 2.37. The summed E-state index contributed by atoms with van der Waals surface area (Å²) in [5.41, 5.74) is 1.89. The molecule has 2 aliphatic rings. The van der Waals surface area contributed by atoms with E-state index in [1.54, 1.807) is 38.5 Å². The van der Waals surface area contributed by atoms with Crippen molar-refractivity contribution in [2.45, 2.75) is 81.8 Å². The van der Waals surface area contributed by atoms with E-state index in [9.17, 15) is 18.6 Å². The van der Waals surface area contributed by atoms with Crippen LogP contribution in [0, 0.1) is 0 Å². The van der Waals surface area contributed by atoms with Crippen LogP contribution in [0.2, 0.25) is 0 Å². The smallest absolute Gasteiger partial charge is 0.256 e. The maximum absolute atomic E-state index is 12.5. The summed E-state index contributed by atoms with van der Waals surface area (Å²) in [5.74, 6) is 1.36. The molecule has 0 spiro atoms. The SMILES string of the molecule is CC1(O)CCC(Nc2cc(Nc3ccnc(-c4cnn(S(=O)(=O)C5CC5)c4)n3)ncc2-c2ccc(C(C)(C)O)cn2)CC1. The van der Waals surface area contributed by atoms with Gasteiger partial charge in [0.05, 0.1) is 40.1 Å². The van der Waals surface area contributed by atoms with E-state index in [1.807, 2.05) is 25.1 Å². The highest BCUT2D eigenvalue weighted by atomic mass is 32.2. The Morgan fingerprint density at radius 3 is 2.44 bits per heavy atom. The first-order chi connectivity index (χ1) is 20.4. The third kappa shape index (κ3) is 6.53. The van der Waals surface area contributed by atoms with Crippen LogP contribution in [-0.4, -0.2) is 64.6 Å². The number of nitrogens with zero attached hydrogens (tertiary/aromatic N) is 6. The van der Waals surface area contributed by atoms with Gasteiger partial charge in [0.1, 0.15) is 11.6 Å². The number of hydrogen-bond acceptors (Lipinski definition) is 11. The molecule has 0 aliphatic heterocycles. The molecule has 4 N–H and O–H groups in total. The normalized spacial score (nSPS) is 21.0. The second-order valence-corrected chi connectivity index (χ2v) is 14.3. The van der Waals surface area contributed by atoms with Gasteiger partial charge in [0.2, 0.25) is 0 Å². The zero-order valence-corrected chi connectivity index (χ0v) is 25.2. The van der Waals surface area contributed by atoms with Crippen LogP contribution in [0.15, 0.2) is 55.2 Å². The largest absolute Gasteiger partial charge is 0.390 e. The molecule has 43 heavy (non-hydrogen) atoms. The lowest BCUT2D eigenvalue weighted by molar-refractivity contribution is 0.0196. The van der Waals surface area contributed by atoms with Crippen molar-refractivity contribution in [2.24, 2.45) is 0 Å². The molecule has 6 rings (SSSR count). The van der Waals surface area contributed by atoms with E-state index in [0.29, 0.717) is 60.0 Å². The predicted molar refractivity (Wildman–Crippen MR) is 163 cm³/mol. The Morgan fingerprint density at radius 1 is 1.00 bits per heavy atom. The fourth-order valence-corrected chi connectivity index (χ4v) is 6.62. The van der Waals surface area contributed by atoms with Gasteiger partial charge >= 0.3 is 0 Å². The molecule has 2 fully saturated rings. The lowest BCUT2D eigenvalue weighted by Gasteiger charge is -2.34. The molecule has 0 bridgehead atoms. The lowest BCUT2D eigenvalue weighted by Crippen LogP contribution is -2.35. The van der Waals surface area contributed by atoms with Gasteiger partial charge in [-0.15, -0.1) is 0 Å². The average molecular weight is 605 g/mol. The molecule has 0 atom stereocenters. The van der Waals surface area contributed by atoms with Crippen LogP contribution in [0.3, 0.4) is 0 Å². The van der Waals surface area contributed by atoms with Gasteiger partial charge in [-0.2, -0.15) is 9.19 Å². The number of nitrogens with one attached hydrogen (secondary N) is 2. The molecule has 226 valence electrons. The van der Waals surface area contributed by atoms with Crippen molar-refractivity contribution >= 4 is 27.3 Å². The quantitative estimate of drug-likeness (QED) is 0.216. The minimum absolute atomic E-state index is 0.166. The maximum atomic E-state index is 12.5. The molecule has 4 aromatic rings. The molecule has 0 radical (unpaired) electrons. The van der Waals surface area contributed by atoms with Crippen molar-refractivity contribution in [3.63, 3.8) is 0 Å². The molecule has 0 unspecified atom stereocenters. The zero-order valence-electron chi connectivity index (χ0n) is 24.4. The number of pyridine rings is 2. The minimum Gasteiger partial charge on any atom is -0.390 e. The Kier molecular flexibility index (Phi) is 7.43. The van der Waals surface area contributed by atoms with E-state index in [2.05, 4.69) is 35.7 Å². The number of anilines is 3. The fraction of sp³-hybridized carbons (Fsp3) is 0.433. The maximum Gasteiger partial charge on any atom is 0.256 e. The Hall–Kier alpha value is -3.94. The van der Waals surface area contributed by atoms with Crippen molar-refractivity contribution in [1.82, 2.24) is 29.1 Å². The molecule has 0 amide bonds. The molecule has 4 aromatic heterocycles. The Balaban J connectivity index is 1.27. The van der Waals surface area contributed by atoms with E-state index in [0.717, 1.165) is 28.2 Å². The Labute approximate surface area is 250 Å². The molecular weight excluding hydrogens is 568 g/mol. The number of aliphatic hydroxyl groups is 2. The summed E-state index contributed by atoms with van der Waals surface area (Å²) < 4.78 is 26.1. The summed E-state index contributed by atoms with van der Waals surface area (Å²) in [6, 6.07) is 7.50. The Morgan fingerprint density at radius 2 is 1.77 bits per heavy atom. The topological polar surface area (TPSA) is 168 Å². The Bertz CT molecular complexity index is 1720. The molecule has 12 nitrogen and oxygen atoms in total. The monoisotopic (exact) mass is 604 g/mol. The molecule has 13 heteroatoms. The van der Waals surface area contributed by atoms with Crippen LogP contribution in [0.25, 0.3) is 22.6 Å². The van der Waals surface area contributed by atoms with Crippen LogP contribution >= 0.6 is 0 Å². The molecule has 2 saturated carbocycles. The average Bonchev–Trinajstić information content (AvgIpc) is 3.71. The van der Waals surface area contributed by atoms with Crippen LogP contribution in [0.1, 0.15) is 64.9 Å². The summed E-state index contributed by atoms with van der Waals surface area (Å²) in [6.07, 6.45) is 12.3. The summed E-state index contributed by atoms with van der Waals surface area (Å²) in [6.45, 7) is 5.32. The third-order valence-corrected chi connectivity index (χ3v) is 10.0. The van der Waals surface area contributed by atoms with E-state index < -0.39 is 21.2 Å². The van der Waals surface area contributed by atoms with Gasteiger partial charge in [0, 0.05) is 47.5 Å². The van der Waals surface area contributed by atoms with Gasteiger partial charge in [0.25, 0.3) is 10.0 Å². The van der Waals surface area contributed by atoms with Gasteiger partial charge in [-0.05, 0) is 71.4 Å². The second-order valence-electron chi connectivity index (χ2n) is 12.3. The van der Waals surface area contributed by atoms with Gasteiger partial charge in [-0.3, -0.25) is 4.98 Å². The van der Waals surface area contributed by atoms with Crippen molar-refractivity contribution in [3.05, 3.63) is 60.8 Å². The van der Waals surface area contributed by atoms with Crippen molar-refractivity contribution in [1.29, 1.82) is 0 Å².